The summed E-state index contributed by atoms with van der Waals surface area (Å²) < 4.78 is 0. The molecule has 2 saturated heterocycles. The minimum atomic E-state index is 0.845. The summed E-state index contributed by atoms with van der Waals surface area (Å²) >= 11 is 0. The zero-order valence-corrected chi connectivity index (χ0v) is 15.3. The highest BCUT2D eigenvalue weighted by molar-refractivity contribution is 4.77. The van der Waals surface area contributed by atoms with Gasteiger partial charge in [-0.15, -0.1) is 0 Å². The third-order valence-corrected chi connectivity index (χ3v) is 4.84. The van der Waals surface area contributed by atoms with Crippen molar-refractivity contribution < 1.29 is 0 Å². The third-order valence-electron chi connectivity index (χ3n) is 4.84. The molecular weight excluding hydrogens is 258 g/mol. The highest BCUT2D eigenvalue weighted by atomic mass is 15.3. The Hall–Kier alpha value is -0.120. The maximum absolute atomic E-state index is 2.71. The summed E-state index contributed by atoms with van der Waals surface area (Å²) in [5.41, 5.74) is 0. The van der Waals surface area contributed by atoms with Crippen molar-refractivity contribution >= 4 is 0 Å². The van der Waals surface area contributed by atoms with Crippen molar-refractivity contribution in [3.8, 4) is 0 Å². The maximum atomic E-state index is 2.71. The first-order valence-corrected chi connectivity index (χ1v) is 9.26. The van der Waals surface area contributed by atoms with Crippen molar-refractivity contribution in [2.45, 2.75) is 47.0 Å². The van der Waals surface area contributed by atoms with Crippen LogP contribution in [-0.2, 0) is 0 Å². The highest BCUT2D eigenvalue weighted by Gasteiger charge is 2.22. The molecule has 2 rings (SSSR count). The van der Waals surface area contributed by atoms with Gasteiger partial charge in [-0.2, -0.15) is 0 Å². The predicted octanol–water partition coefficient (Wildman–Crippen LogP) is 3.02. The lowest BCUT2D eigenvalue weighted by atomic mass is 9.96. The Labute approximate surface area is 133 Å². The van der Waals surface area contributed by atoms with Crippen LogP contribution in [-0.4, -0.2) is 74.1 Å². The van der Waals surface area contributed by atoms with E-state index >= 15 is 0 Å². The first-order chi connectivity index (χ1) is 10.1. The average Bonchev–Trinajstić information content (AvgIpc) is 2.51. The summed E-state index contributed by atoms with van der Waals surface area (Å²) in [6.07, 6.45) is 4.17. The summed E-state index contributed by atoms with van der Waals surface area (Å²) in [5, 5.41) is 0. The molecule has 0 aromatic rings. The van der Waals surface area contributed by atoms with E-state index in [0.29, 0.717) is 0 Å². The lowest BCUT2D eigenvalue weighted by Gasteiger charge is -2.38. The van der Waals surface area contributed by atoms with Gasteiger partial charge >= 0.3 is 0 Å². The molecule has 0 aromatic heterocycles. The molecule has 0 spiro atoms. The molecule has 0 radical (unpaired) electrons. The van der Waals surface area contributed by atoms with Crippen molar-refractivity contribution in [2.24, 2.45) is 11.8 Å². The molecule has 2 fully saturated rings. The summed E-state index contributed by atoms with van der Waals surface area (Å²) in [4.78, 5) is 7.84. The van der Waals surface area contributed by atoms with Gasteiger partial charge < -0.3 is 14.7 Å². The van der Waals surface area contributed by atoms with Crippen molar-refractivity contribution in [2.75, 3.05) is 59.4 Å². The Bertz CT molecular complexity index is 239. The average molecular weight is 298 g/mol. The fraction of sp³-hybridized carbons (Fsp3) is 1.00. The molecule has 0 unspecified atom stereocenters. The van der Waals surface area contributed by atoms with Crippen molar-refractivity contribution in [1.82, 2.24) is 14.7 Å². The van der Waals surface area contributed by atoms with Crippen LogP contribution in [0.4, 0.5) is 0 Å². The molecule has 0 aliphatic carbocycles. The molecule has 126 valence electrons. The van der Waals surface area contributed by atoms with E-state index in [1.54, 1.807) is 0 Å². The molecular formula is C18H39N3. The van der Waals surface area contributed by atoms with E-state index in [0.717, 1.165) is 11.8 Å². The fourth-order valence-electron chi connectivity index (χ4n) is 3.25. The Morgan fingerprint density at radius 1 is 0.857 bits per heavy atom. The monoisotopic (exact) mass is 297 g/mol. The number of piperazine rings is 1. The third kappa shape index (κ3) is 7.62. The number of likely N-dealkylation sites (tertiary alicyclic amines) is 1. The molecule has 21 heavy (non-hydrogen) atoms. The zero-order valence-electron chi connectivity index (χ0n) is 15.3. The molecule has 2 aliphatic rings. The summed E-state index contributed by atoms with van der Waals surface area (Å²) in [6.45, 7) is 19.1. The lowest BCUT2D eigenvalue weighted by Crippen LogP contribution is -2.48. The molecule has 2 aliphatic heterocycles. The van der Waals surface area contributed by atoms with Gasteiger partial charge in [-0.05, 0) is 57.8 Å². The molecule has 0 saturated carbocycles. The van der Waals surface area contributed by atoms with Crippen LogP contribution in [0.5, 0.6) is 0 Å². The van der Waals surface area contributed by atoms with E-state index in [1.165, 1.54) is 71.6 Å². The van der Waals surface area contributed by atoms with Crippen LogP contribution < -0.4 is 0 Å². The van der Waals surface area contributed by atoms with Gasteiger partial charge in [0, 0.05) is 32.7 Å². The molecule has 0 atom stereocenters. The number of hydrogen-bond donors (Lipinski definition) is 0. The van der Waals surface area contributed by atoms with Crippen LogP contribution in [0, 0.1) is 11.8 Å². The van der Waals surface area contributed by atoms with E-state index in [1.807, 2.05) is 13.8 Å². The Kier molecular flexibility index (Phi) is 9.54. The molecule has 3 heteroatoms. The van der Waals surface area contributed by atoms with Gasteiger partial charge in [-0.1, -0.05) is 27.7 Å². The standard InChI is InChI=1S/C16H33N3.C2H6/c1-15(2)4-9-18-10-12-19(13-11-18)14-16-5-7-17(3)8-6-16;1-2/h15-16H,4-14H2,1-3H3;1-2H3. The van der Waals surface area contributed by atoms with Crippen LogP contribution in [0.25, 0.3) is 0 Å². The minimum absolute atomic E-state index is 0.845. The van der Waals surface area contributed by atoms with Gasteiger partial charge in [0.2, 0.25) is 0 Å². The van der Waals surface area contributed by atoms with E-state index in [2.05, 4.69) is 35.6 Å². The molecule has 0 bridgehead atoms. The van der Waals surface area contributed by atoms with E-state index < -0.39 is 0 Å². The highest BCUT2D eigenvalue weighted by Crippen LogP contribution is 2.18. The van der Waals surface area contributed by atoms with Gasteiger partial charge in [0.1, 0.15) is 0 Å². The summed E-state index contributed by atoms with van der Waals surface area (Å²) in [7, 11) is 2.25. The largest absolute Gasteiger partial charge is 0.306 e. The quantitative estimate of drug-likeness (QED) is 0.772. The van der Waals surface area contributed by atoms with Crippen molar-refractivity contribution in [1.29, 1.82) is 0 Å². The second-order valence-corrected chi connectivity index (χ2v) is 7.07. The first-order valence-electron chi connectivity index (χ1n) is 9.26. The Morgan fingerprint density at radius 3 is 1.90 bits per heavy atom. The number of hydrogen-bond acceptors (Lipinski definition) is 3. The van der Waals surface area contributed by atoms with Crippen LogP contribution in [0.15, 0.2) is 0 Å². The van der Waals surface area contributed by atoms with Gasteiger partial charge in [0.15, 0.2) is 0 Å². The first kappa shape index (κ1) is 18.9. The van der Waals surface area contributed by atoms with Gasteiger partial charge in [-0.25, -0.2) is 0 Å². The second kappa shape index (κ2) is 10.6. The molecule has 3 nitrogen and oxygen atoms in total. The molecule has 0 N–H and O–H groups in total. The summed E-state index contributed by atoms with van der Waals surface area (Å²) in [5.74, 6) is 1.80. The van der Waals surface area contributed by atoms with Gasteiger partial charge in [0.05, 0.1) is 0 Å². The predicted molar refractivity (Wildman–Crippen MR) is 93.9 cm³/mol. The topological polar surface area (TPSA) is 9.72 Å². The fourth-order valence-corrected chi connectivity index (χ4v) is 3.25. The molecule has 2 heterocycles. The van der Waals surface area contributed by atoms with E-state index in [9.17, 15) is 0 Å². The van der Waals surface area contributed by atoms with Crippen molar-refractivity contribution in [3.05, 3.63) is 0 Å². The van der Waals surface area contributed by atoms with E-state index in [-0.39, 0.29) is 0 Å². The van der Waals surface area contributed by atoms with Crippen LogP contribution in [0.3, 0.4) is 0 Å². The zero-order chi connectivity index (χ0) is 15.7. The van der Waals surface area contributed by atoms with Gasteiger partial charge in [-0.3, -0.25) is 0 Å². The SMILES string of the molecule is CC.CC(C)CCN1CCN(CC2CCN(C)CC2)CC1. The second-order valence-electron chi connectivity index (χ2n) is 7.07. The lowest BCUT2D eigenvalue weighted by molar-refractivity contribution is 0.0975. The molecule has 0 aromatic carbocycles. The number of rotatable bonds is 5. The number of piperidine rings is 1. The maximum Gasteiger partial charge on any atom is 0.0110 e. The summed E-state index contributed by atoms with van der Waals surface area (Å²) in [6, 6.07) is 0. The van der Waals surface area contributed by atoms with Crippen LogP contribution in [0.2, 0.25) is 0 Å². The molecule has 0 amide bonds. The number of nitrogens with zero attached hydrogens (tertiary/aromatic N) is 3. The van der Waals surface area contributed by atoms with Gasteiger partial charge in [0.25, 0.3) is 0 Å². The van der Waals surface area contributed by atoms with Crippen LogP contribution >= 0.6 is 0 Å². The van der Waals surface area contributed by atoms with E-state index in [4.69, 9.17) is 0 Å². The van der Waals surface area contributed by atoms with Crippen molar-refractivity contribution in [3.63, 3.8) is 0 Å². The normalized spacial score (nSPS) is 23.1. The van der Waals surface area contributed by atoms with Crippen LogP contribution in [0.1, 0.15) is 47.0 Å². The Balaban J connectivity index is 0.00000106. The minimum Gasteiger partial charge on any atom is -0.306 e. The smallest absolute Gasteiger partial charge is 0.0110 e. The Morgan fingerprint density at radius 2 is 1.38 bits per heavy atom.